The van der Waals surface area contributed by atoms with Gasteiger partial charge < -0.3 is 4.57 Å². The molecule has 2 aromatic rings. The molecule has 4 heteroatoms. The summed E-state index contributed by atoms with van der Waals surface area (Å²) in [5.74, 6) is 4.02. The van der Waals surface area contributed by atoms with Crippen LogP contribution in [0.2, 0.25) is 0 Å². The predicted octanol–water partition coefficient (Wildman–Crippen LogP) is 4.15. The zero-order chi connectivity index (χ0) is 12.5. The van der Waals surface area contributed by atoms with Crippen LogP contribution in [-0.2, 0) is 5.88 Å². The fourth-order valence-electron chi connectivity index (χ4n) is 2.75. The van der Waals surface area contributed by atoms with Gasteiger partial charge in [-0.25, -0.2) is 4.98 Å². The highest BCUT2D eigenvalue weighted by molar-refractivity contribution is 7.99. The Kier molecular flexibility index (Phi) is 3.53. The first-order valence-corrected chi connectivity index (χ1v) is 8.10. The van der Waals surface area contributed by atoms with Gasteiger partial charge in [0, 0.05) is 6.04 Å². The normalized spacial score (nSPS) is 17.4. The molecular formula is C14H17ClN2S. The molecular weight excluding hydrogens is 264 g/mol. The average molecular weight is 281 g/mol. The smallest absolute Gasteiger partial charge is 0.125 e. The van der Waals surface area contributed by atoms with Crippen molar-refractivity contribution in [3.63, 3.8) is 0 Å². The Morgan fingerprint density at radius 2 is 2.17 bits per heavy atom. The molecule has 0 aliphatic carbocycles. The van der Waals surface area contributed by atoms with Crippen LogP contribution in [0.15, 0.2) is 18.2 Å². The summed E-state index contributed by atoms with van der Waals surface area (Å²) in [6.45, 7) is 2.12. The van der Waals surface area contributed by atoms with Crippen LogP contribution in [0.5, 0.6) is 0 Å². The molecule has 1 aliphatic heterocycles. The predicted molar refractivity (Wildman–Crippen MR) is 79.6 cm³/mol. The molecule has 0 atom stereocenters. The van der Waals surface area contributed by atoms with Gasteiger partial charge in [0.05, 0.1) is 16.9 Å². The fraction of sp³-hybridized carbons (Fsp3) is 0.500. The van der Waals surface area contributed by atoms with Crippen LogP contribution < -0.4 is 0 Å². The lowest BCUT2D eigenvalue weighted by molar-refractivity contribution is 0.470. The lowest BCUT2D eigenvalue weighted by Gasteiger charge is -2.25. The third kappa shape index (κ3) is 2.04. The number of fused-ring (bicyclic) bond motifs is 1. The van der Waals surface area contributed by atoms with Crippen molar-refractivity contribution in [2.24, 2.45) is 0 Å². The molecule has 0 radical (unpaired) electrons. The second kappa shape index (κ2) is 5.14. The number of imidazole rings is 1. The Morgan fingerprint density at radius 3 is 2.89 bits per heavy atom. The molecule has 96 valence electrons. The number of nitrogens with zero attached hydrogens (tertiary/aromatic N) is 2. The lowest BCUT2D eigenvalue weighted by Crippen LogP contribution is -2.17. The molecule has 0 unspecified atom stereocenters. The summed E-state index contributed by atoms with van der Waals surface area (Å²) in [6.07, 6.45) is 2.46. The van der Waals surface area contributed by atoms with E-state index in [1.165, 1.54) is 35.4 Å². The monoisotopic (exact) mass is 280 g/mol. The van der Waals surface area contributed by atoms with Gasteiger partial charge in [0.1, 0.15) is 5.82 Å². The Balaban J connectivity index is 2.16. The Hall–Kier alpha value is -0.670. The quantitative estimate of drug-likeness (QED) is 0.769. The number of hydrogen-bond donors (Lipinski definition) is 0. The Bertz CT molecular complexity index is 558. The minimum absolute atomic E-state index is 0.498. The van der Waals surface area contributed by atoms with Crippen molar-refractivity contribution in [3.8, 4) is 0 Å². The largest absolute Gasteiger partial charge is 0.324 e. The maximum atomic E-state index is 6.09. The summed E-state index contributed by atoms with van der Waals surface area (Å²) in [7, 11) is 0. The third-order valence-corrected chi connectivity index (χ3v) is 4.96. The molecule has 0 N–H and O–H groups in total. The van der Waals surface area contributed by atoms with Crippen molar-refractivity contribution in [1.82, 2.24) is 9.55 Å². The third-order valence-electron chi connectivity index (χ3n) is 3.67. The van der Waals surface area contributed by atoms with Crippen molar-refractivity contribution in [2.75, 3.05) is 11.5 Å². The van der Waals surface area contributed by atoms with Crippen LogP contribution in [0.4, 0.5) is 0 Å². The summed E-state index contributed by atoms with van der Waals surface area (Å²) < 4.78 is 2.38. The molecule has 0 spiro atoms. The van der Waals surface area contributed by atoms with E-state index in [-0.39, 0.29) is 0 Å². The minimum atomic E-state index is 0.498. The number of para-hydroxylation sites is 1. The molecule has 0 amide bonds. The van der Waals surface area contributed by atoms with Crippen LogP contribution in [-0.4, -0.2) is 21.1 Å². The van der Waals surface area contributed by atoms with Crippen molar-refractivity contribution >= 4 is 34.4 Å². The zero-order valence-electron chi connectivity index (χ0n) is 10.5. The summed E-state index contributed by atoms with van der Waals surface area (Å²) >= 11 is 8.14. The Labute approximate surface area is 117 Å². The molecule has 1 fully saturated rings. The van der Waals surface area contributed by atoms with Gasteiger partial charge in [-0.15, -0.1) is 11.6 Å². The van der Waals surface area contributed by atoms with E-state index in [9.17, 15) is 0 Å². The molecule has 0 saturated carbocycles. The molecule has 1 aliphatic rings. The minimum Gasteiger partial charge on any atom is -0.324 e. The number of thioether (sulfide) groups is 1. The highest BCUT2D eigenvalue weighted by Gasteiger charge is 2.21. The van der Waals surface area contributed by atoms with Gasteiger partial charge in [0.2, 0.25) is 0 Å². The zero-order valence-corrected chi connectivity index (χ0v) is 12.1. The fourth-order valence-corrected chi connectivity index (χ4v) is 4.02. The number of hydrogen-bond acceptors (Lipinski definition) is 2. The van der Waals surface area contributed by atoms with E-state index in [0.717, 1.165) is 11.3 Å². The van der Waals surface area contributed by atoms with Gasteiger partial charge in [0.15, 0.2) is 0 Å². The van der Waals surface area contributed by atoms with Crippen molar-refractivity contribution in [2.45, 2.75) is 31.7 Å². The second-order valence-electron chi connectivity index (χ2n) is 4.82. The van der Waals surface area contributed by atoms with Gasteiger partial charge >= 0.3 is 0 Å². The molecule has 3 rings (SSSR count). The first-order chi connectivity index (χ1) is 8.81. The number of aromatic nitrogens is 2. The number of alkyl halides is 1. The van der Waals surface area contributed by atoms with Crippen LogP contribution in [0.25, 0.3) is 11.0 Å². The molecule has 1 aromatic heterocycles. The van der Waals surface area contributed by atoms with Crippen molar-refractivity contribution in [3.05, 3.63) is 29.6 Å². The summed E-state index contributed by atoms with van der Waals surface area (Å²) in [5, 5.41) is 0. The average Bonchev–Trinajstić information content (AvgIpc) is 2.80. The first kappa shape index (κ1) is 12.4. The van der Waals surface area contributed by atoms with Crippen LogP contribution in [0.3, 0.4) is 0 Å². The first-order valence-electron chi connectivity index (χ1n) is 6.41. The standard InChI is InChI=1S/C14H17ClN2S/c1-10-3-2-4-12-14(10)16-13(9-15)17(12)11-5-7-18-8-6-11/h2-4,11H,5-9H2,1H3. The van der Waals surface area contributed by atoms with Crippen LogP contribution in [0.1, 0.15) is 30.3 Å². The van der Waals surface area contributed by atoms with Crippen molar-refractivity contribution < 1.29 is 0 Å². The highest BCUT2D eigenvalue weighted by atomic mass is 35.5. The molecule has 2 nitrogen and oxygen atoms in total. The summed E-state index contributed by atoms with van der Waals surface area (Å²) in [4.78, 5) is 4.73. The van der Waals surface area contributed by atoms with E-state index >= 15 is 0 Å². The van der Waals surface area contributed by atoms with E-state index in [4.69, 9.17) is 16.6 Å². The molecule has 1 saturated heterocycles. The van der Waals surface area contributed by atoms with Gasteiger partial charge in [0.25, 0.3) is 0 Å². The number of rotatable bonds is 2. The van der Waals surface area contributed by atoms with E-state index in [0.29, 0.717) is 11.9 Å². The Morgan fingerprint density at radius 1 is 1.39 bits per heavy atom. The lowest BCUT2D eigenvalue weighted by atomic mass is 10.1. The topological polar surface area (TPSA) is 17.8 Å². The maximum absolute atomic E-state index is 6.09. The van der Waals surface area contributed by atoms with Crippen molar-refractivity contribution in [1.29, 1.82) is 0 Å². The molecule has 18 heavy (non-hydrogen) atoms. The summed E-state index contributed by atoms with van der Waals surface area (Å²) in [6, 6.07) is 6.99. The van der Waals surface area contributed by atoms with E-state index in [1.807, 2.05) is 0 Å². The highest BCUT2D eigenvalue weighted by Crippen LogP contribution is 2.32. The molecule has 2 heterocycles. The number of halogens is 1. The van der Waals surface area contributed by atoms with Crippen LogP contribution in [0, 0.1) is 6.92 Å². The maximum Gasteiger partial charge on any atom is 0.125 e. The van der Waals surface area contributed by atoms with Gasteiger partial charge in [-0.1, -0.05) is 12.1 Å². The number of benzene rings is 1. The van der Waals surface area contributed by atoms with Gasteiger partial charge in [-0.05, 0) is 42.9 Å². The van der Waals surface area contributed by atoms with Gasteiger partial charge in [-0.3, -0.25) is 0 Å². The number of aryl methyl sites for hydroxylation is 1. The van der Waals surface area contributed by atoms with Gasteiger partial charge in [-0.2, -0.15) is 11.8 Å². The second-order valence-corrected chi connectivity index (χ2v) is 6.31. The SMILES string of the molecule is Cc1cccc2c1nc(CCl)n2C1CCSCC1. The summed E-state index contributed by atoms with van der Waals surface area (Å²) in [5.41, 5.74) is 3.61. The molecule has 1 aromatic carbocycles. The van der Waals surface area contributed by atoms with Crippen LogP contribution >= 0.6 is 23.4 Å². The van der Waals surface area contributed by atoms with E-state index in [2.05, 4.69) is 41.5 Å². The van der Waals surface area contributed by atoms with E-state index in [1.54, 1.807) is 0 Å². The van der Waals surface area contributed by atoms with E-state index < -0.39 is 0 Å². The molecule has 0 bridgehead atoms.